The Morgan fingerprint density at radius 3 is 1.80 bits per heavy atom. The molecule has 0 saturated heterocycles. The summed E-state index contributed by atoms with van der Waals surface area (Å²) in [7, 11) is 0. The van der Waals surface area contributed by atoms with Crippen molar-refractivity contribution in [3.63, 3.8) is 0 Å². The first kappa shape index (κ1) is 32.2. The maximum Gasteiger partial charge on any atom is 0.160 e. The largest absolute Gasteiger partial charge is 0.231 e. The van der Waals surface area contributed by atoms with Gasteiger partial charge in [-0.25, -0.2) is 14.5 Å². The highest BCUT2D eigenvalue weighted by Gasteiger charge is 2.22. The third-order valence-corrected chi connectivity index (χ3v) is 11.9. The molecule has 56 heavy (non-hydrogen) atoms. The zero-order chi connectivity index (χ0) is 37.0. The van der Waals surface area contributed by atoms with E-state index < -0.39 is 0 Å². The van der Waals surface area contributed by atoms with E-state index in [0.717, 1.165) is 72.6 Å². The Morgan fingerprint density at radius 2 is 1.04 bits per heavy atom. The van der Waals surface area contributed by atoms with Crippen LogP contribution in [0.25, 0.3) is 104 Å². The Kier molecular flexibility index (Phi) is 7.64. The SMILES string of the molecule is c1ccc(-c2cc(-c3cccc4c3sc3ccccc34)nc(-c3ccc(-c4c(-c5ccccc5)nn5c(-c6ccccc6)cc6ccccc6c45)cc3)n2)cc1. The van der Waals surface area contributed by atoms with Gasteiger partial charge in [0.2, 0.25) is 0 Å². The predicted molar refractivity (Wildman–Crippen MR) is 234 cm³/mol. The summed E-state index contributed by atoms with van der Waals surface area (Å²) in [6.45, 7) is 0. The molecule has 11 aromatic rings. The predicted octanol–water partition coefficient (Wildman–Crippen LogP) is 13.6. The second-order valence-corrected chi connectivity index (χ2v) is 15.1. The second kappa shape index (κ2) is 13.3. The Balaban J connectivity index is 1.11. The Morgan fingerprint density at radius 1 is 0.429 bits per heavy atom. The first-order valence-corrected chi connectivity index (χ1v) is 19.6. The minimum atomic E-state index is 0.686. The van der Waals surface area contributed by atoms with Crippen LogP contribution in [0.1, 0.15) is 0 Å². The van der Waals surface area contributed by atoms with Crippen LogP contribution >= 0.6 is 11.3 Å². The molecule has 11 rings (SSSR count). The van der Waals surface area contributed by atoms with Gasteiger partial charge in [-0.15, -0.1) is 11.3 Å². The van der Waals surface area contributed by atoms with Gasteiger partial charge < -0.3 is 0 Å². The van der Waals surface area contributed by atoms with Gasteiger partial charge in [0, 0.05) is 58.9 Å². The lowest BCUT2D eigenvalue weighted by molar-refractivity contribution is 0.979. The van der Waals surface area contributed by atoms with Gasteiger partial charge in [0.1, 0.15) is 5.69 Å². The summed E-state index contributed by atoms with van der Waals surface area (Å²) >= 11 is 1.82. The van der Waals surface area contributed by atoms with Crippen molar-refractivity contribution in [2.45, 2.75) is 0 Å². The molecule has 0 bridgehead atoms. The summed E-state index contributed by atoms with van der Waals surface area (Å²) in [4.78, 5) is 10.5. The van der Waals surface area contributed by atoms with Crippen molar-refractivity contribution in [1.29, 1.82) is 0 Å². The van der Waals surface area contributed by atoms with E-state index in [4.69, 9.17) is 15.1 Å². The first-order valence-electron chi connectivity index (χ1n) is 18.8. The molecular formula is C51H32N4S. The van der Waals surface area contributed by atoms with Gasteiger partial charge in [0.15, 0.2) is 5.82 Å². The number of hydrogen-bond donors (Lipinski definition) is 0. The van der Waals surface area contributed by atoms with E-state index in [2.05, 4.69) is 193 Å². The fourth-order valence-corrected chi connectivity index (χ4v) is 9.21. The second-order valence-electron chi connectivity index (χ2n) is 14.0. The van der Waals surface area contributed by atoms with Gasteiger partial charge in [-0.1, -0.05) is 176 Å². The normalized spacial score (nSPS) is 11.6. The van der Waals surface area contributed by atoms with Crippen molar-refractivity contribution in [3.05, 3.63) is 194 Å². The quantitative estimate of drug-likeness (QED) is 0.171. The topological polar surface area (TPSA) is 43.1 Å². The van der Waals surface area contributed by atoms with Crippen LogP contribution in [-0.2, 0) is 0 Å². The standard InChI is InChI=1S/C51H32N4S/c1-4-15-33(16-5-1)43-32-44(42-25-14-24-41-40-23-12-13-26-46(40)56-50(41)42)53-51(52-43)37-29-27-35(28-30-37)47-48(36-19-8-3-9-20-36)54-55-45(34-17-6-2-7-18-34)31-38-21-10-11-22-39(38)49(47)55/h1-32H. The number of rotatable bonds is 6. The summed E-state index contributed by atoms with van der Waals surface area (Å²) in [5.41, 5.74) is 12.3. The molecule has 0 saturated carbocycles. The van der Waals surface area contributed by atoms with Crippen LogP contribution in [-0.4, -0.2) is 19.6 Å². The van der Waals surface area contributed by atoms with Crippen LogP contribution in [0.5, 0.6) is 0 Å². The van der Waals surface area contributed by atoms with Crippen molar-refractivity contribution in [1.82, 2.24) is 19.6 Å². The number of aromatic nitrogens is 4. The smallest absolute Gasteiger partial charge is 0.160 e. The molecule has 4 nitrogen and oxygen atoms in total. The summed E-state index contributed by atoms with van der Waals surface area (Å²) in [6, 6.07) is 68.3. The molecule has 0 aliphatic rings. The number of thiophene rings is 1. The molecule has 0 radical (unpaired) electrons. The molecule has 0 unspecified atom stereocenters. The summed E-state index contributed by atoms with van der Waals surface area (Å²) in [6.07, 6.45) is 0. The summed E-state index contributed by atoms with van der Waals surface area (Å²) in [5.74, 6) is 0.686. The van der Waals surface area contributed by atoms with Gasteiger partial charge in [0.05, 0.1) is 22.6 Å². The van der Waals surface area contributed by atoms with Crippen molar-refractivity contribution >= 4 is 47.8 Å². The third kappa shape index (κ3) is 5.40. The zero-order valence-corrected chi connectivity index (χ0v) is 31.0. The van der Waals surface area contributed by atoms with E-state index in [1.165, 1.54) is 25.6 Å². The molecule has 4 heterocycles. The van der Waals surface area contributed by atoms with Crippen LogP contribution in [0.4, 0.5) is 0 Å². The minimum Gasteiger partial charge on any atom is -0.231 e. The molecule has 0 amide bonds. The average Bonchev–Trinajstić information content (AvgIpc) is 3.87. The van der Waals surface area contributed by atoms with Crippen LogP contribution in [0.3, 0.4) is 0 Å². The molecule has 262 valence electrons. The molecular weight excluding hydrogens is 701 g/mol. The van der Waals surface area contributed by atoms with Crippen molar-refractivity contribution < 1.29 is 0 Å². The number of nitrogens with zero attached hydrogens (tertiary/aromatic N) is 4. The number of fused-ring (bicyclic) bond motifs is 6. The van der Waals surface area contributed by atoms with Gasteiger partial charge >= 0.3 is 0 Å². The zero-order valence-electron chi connectivity index (χ0n) is 30.2. The number of benzene rings is 7. The van der Waals surface area contributed by atoms with Gasteiger partial charge in [-0.05, 0) is 29.1 Å². The molecule has 0 aliphatic heterocycles. The minimum absolute atomic E-state index is 0.686. The lowest BCUT2D eigenvalue weighted by atomic mass is 9.96. The Bertz CT molecular complexity index is 3220. The van der Waals surface area contributed by atoms with E-state index >= 15 is 0 Å². The monoisotopic (exact) mass is 732 g/mol. The van der Waals surface area contributed by atoms with E-state index in [1.54, 1.807) is 0 Å². The Hall–Kier alpha value is -7.21. The van der Waals surface area contributed by atoms with E-state index in [1.807, 2.05) is 17.4 Å². The van der Waals surface area contributed by atoms with E-state index in [-0.39, 0.29) is 0 Å². The molecule has 4 aromatic heterocycles. The van der Waals surface area contributed by atoms with Crippen LogP contribution < -0.4 is 0 Å². The van der Waals surface area contributed by atoms with Gasteiger partial charge in [0.25, 0.3) is 0 Å². The maximum absolute atomic E-state index is 5.39. The van der Waals surface area contributed by atoms with E-state index in [9.17, 15) is 0 Å². The summed E-state index contributed by atoms with van der Waals surface area (Å²) < 4.78 is 4.64. The molecule has 5 heteroatoms. The van der Waals surface area contributed by atoms with Crippen molar-refractivity contribution in [2.24, 2.45) is 0 Å². The maximum atomic E-state index is 5.39. The third-order valence-electron chi connectivity index (χ3n) is 10.6. The number of hydrogen-bond acceptors (Lipinski definition) is 4. The average molecular weight is 733 g/mol. The highest BCUT2D eigenvalue weighted by atomic mass is 32.1. The number of pyridine rings is 1. The van der Waals surface area contributed by atoms with E-state index in [0.29, 0.717) is 5.82 Å². The highest BCUT2D eigenvalue weighted by Crippen LogP contribution is 2.43. The van der Waals surface area contributed by atoms with Crippen molar-refractivity contribution in [2.75, 3.05) is 0 Å². The van der Waals surface area contributed by atoms with Crippen molar-refractivity contribution in [3.8, 4) is 67.5 Å². The Labute approximate surface area is 327 Å². The molecule has 0 N–H and O–H groups in total. The van der Waals surface area contributed by atoms with Gasteiger partial charge in [-0.3, -0.25) is 0 Å². The van der Waals surface area contributed by atoms with Crippen LogP contribution in [0.2, 0.25) is 0 Å². The highest BCUT2D eigenvalue weighted by molar-refractivity contribution is 7.26. The molecule has 0 atom stereocenters. The molecule has 7 aromatic carbocycles. The lowest BCUT2D eigenvalue weighted by Gasteiger charge is -2.12. The molecule has 0 aliphatic carbocycles. The van der Waals surface area contributed by atoms with Crippen LogP contribution in [0, 0.1) is 0 Å². The molecule has 0 spiro atoms. The fourth-order valence-electron chi connectivity index (χ4n) is 7.98. The molecule has 0 fully saturated rings. The van der Waals surface area contributed by atoms with Gasteiger partial charge in [-0.2, -0.15) is 5.10 Å². The lowest BCUT2D eigenvalue weighted by Crippen LogP contribution is -1.96. The summed E-state index contributed by atoms with van der Waals surface area (Å²) in [5, 5.41) is 10.2. The van der Waals surface area contributed by atoms with Crippen LogP contribution in [0.15, 0.2) is 194 Å². The first-order chi connectivity index (χ1) is 27.8. The fraction of sp³-hybridized carbons (Fsp3) is 0.